The van der Waals surface area contributed by atoms with Crippen LogP contribution in [0.1, 0.15) is 52.4 Å². The maximum absolute atomic E-state index is 12.8. The van der Waals surface area contributed by atoms with Gasteiger partial charge in [-0.05, 0) is 78.0 Å². The molecule has 4 heterocycles. The van der Waals surface area contributed by atoms with Crippen LogP contribution in [-0.4, -0.2) is 176 Å². The first kappa shape index (κ1) is 49.2. The van der Waals surface area contributed by atoms with Gasteiger partial charge in [-0.2, -0.15) is 0 Å². The highest BCUT2D eigenvalue weighted by atomic mass is 35.5. The fourth-order valence-corrected chi connectivity index (χ4v) is 9.24. The zero-order chi connectivity index (χ0) is 41.7. The first-order valence-electron chi connectivity index (χ1n) is 19.1. The lowest BCUT2D eigenvalue weighted by molar-refractivity contribution is -0.205. The van der Waals surface area contributed by atoms with Gasteiger partial charge in [0, 0.05) is 11.8 Å². The van der Waals surface area contributed by atoms with Crippen LogP contribution in [0.4, 0.5) is 0 Å². The van der Waals surface area contributed by atoms with Crippen molar-refractivity contribution >= 4 is 58.5 Å². The van der Waals surface area contributed by atoms with Crippen molar-refractivity contribution in [2.24, 2.45) is 11.8 Å². The molecule has 0 bridgehead atoms. The lowest BCUT2D eigenvalue weighted by Crippen LogP contribution is -2.65. The van der Waals surface area contributed by atoms with Crippen molar-refractivity contribution in [1.29, 1.82) is 0 Å². The quantitative estimate of drug-likeness (QED) is 0.0913. The summed E-state index contributed by atoms with van der Waals surface area (Å²) in [6.45, 7) is 19.6. The summed E-state index contributed by atoms with van der Waals surface area (Å²) in [7, 11) is 0. The highest BCUT2D eigenvalue weighted by molar-refractivity contribution is 7.99. The molecule has 4 fully saturated rings. The molecule has 0 saturated carbocycles. The summed E-state index contributed by atoms with van der Waals surface area (Å²) in [5, 5.41) is 72.2. The lowest BCUT2D eigenvalue weighted by Gasteiger charge is -2.44. The molecule has 56 heavy (non-hydrogen) atoms. The zero-order valence-corrected chi connectivity index (χ0v) is 35.4. The number of alkyl halides is 2. The molecular formula is C36H60Cl2N6O10S2. The Labute approximate surface area is 348 Å². The van der Waals surface area contributed by atoms with Crippen molar-refractivity contribution < 1.29 is 49.7 Å². The molecule has 4 rings (SSSR count). The summed E-state index contributed by atoms with van der Waals surface area (Å²) >= 11 is 15.0. The summed E-state index contributed by atoms with van der Waals surface area (Å²) in [6, 6.07) is -2.32. The van der Waals surface area contributed by atoms with Crippen LogP contribution >= 0.6 is 46.7 Å². The number of halogens is 2. The molecule has 0 aromatic rings. The van der Waals surface area contributed by atoms with Crippen molar-refractivity contribution in [3.63, 3.8) is 0 Å². The normalized spacial score (nSPS) is 38.7. The van der Waals surface area contributed by atoms with Gasteiger partial charge < -0.3 is 71.1 Å². The van der Waals surface area contributed by atoms with Crippen molar-refractivity contribution in [3.05, 3.63) is 22.8 Å². The molecule has 0 spiro atoms. The Bertz CT molecular complexity index is 1220. The van der Waals surface area contributed by atoms with E-state index in [4.69, 9.17) is 45.8 Å². The van der Waals surface area contributed by atoms with Crippen LogP contribution in [0.2, 0.25) is 0 Å². The molecule has 4 aliphatic heterocycles. The molecule has 320 valence electrons. The van der Waals surface area contributed by atoms with Gasteiger partial charge in [0.15, 0.2) is 0 Å². The standard InChI is InChI=1S/2C18H30ClN3O5S/c2*1-9(19)12(16-14(24)13(23)15(25)18(27-16)28-3)22-17(26)11-5-4-10(8-20-2)6-7-21-11/h2*9-16,18,21,23-25H,4-8H2,1,3H3,(H,22,26)/t2*9?,10-,11?,12?,13?,14?,15?,16?,18?/m10/s1. The van der Waals surface area contributed by atoms with Crippen molar-refractivity contribution in [3.8, 4) is 0 Å². The molecule has 16 nitrogen and oxygen atoms in total. The number of rotatable bonds is 12. The summed E-state index contributed by atoms with van der Waals surface area (Å²) in [5.74, 6) is 0.0668. The minimum absolute atomic E-state index is 0.252. The van der Waals surface area contributed by atoms with Crippen LogP contribution in [0.25, 0.3) is 9.69 Å². The molecule has 0 aromatic heterocycles. The lowest BCUT2D eigenvalue weighted by atomic mass is 9.92. The first-order valence-corrected chi connectivity index (χ1v) is 22.5. The van der Waals surface area contributed by atoms with Gasteiger partial charge in [-0.25, -0.2) is 13.1 Å². The zero-order valence-electron chi connectivity index (χ0n) is 32.2. The Balaban J connectivity index is 0.000000300. The van der Waals surface area contributed by atoms with Gasteiger partial charge in [-0.1, -0.05) is 0 Å². The Morgan fingerprint density at radius 2 is 1.02 bits per heavy atom. The third kappa shape index (κ3) is 13.4. The van der Waals surface area contributed by atoms with E-state index in [-0.39, 0.29) is 23.7 Å². The predicted molar refractivity (Wildman–Crippen MR) is 216 cm³/mol. The van der Waals surface area contributed by atoms with E-state index in [0.717, 1.165) is 25.7 Å². The van der Waals surface area contributed by atoms with E-state index >= 15 is 0 Å². The third-order valence-corrected chi connectivity index (χ3v) is 13.2. The van der Waals surface area contributed by atoms with Gasteiger partial charge in [0.1, 0.15) is 59.7 Å². The maximum Gasteiger partial charge on any atom is 0.237 e. The number of nitrogens with zero attached hydrogens (tertiary/aromatic N) is 2. The van der Waals surface area contributed by atoms with Gasteiger partial charge in [-0.3, -0.25) is 9.59 Å². The van der Waals surface area contributed by atoms with Gasteiger partial charge >= 0.3 is 0 Å². The number of aliphatic hydroxyl groups is 6. The smallest absolute Gasteiger partial charge is 0.237 e. The van der Waals surface area contributed by atoms with Crippen molar-refractivity contribution in [1.82, 2.24) is 21.3 Å². The number of hydrogen-bond acceptors (Lipinski definition) is 14. The van der Waals surface area contributed by atoms with E-state index in [9.17, 15) is 40.2 Å². The molecule has 10 N–H and O–H groups in total. The molecule has 0 aliphatic carbocycles. The monoisotopic (exact) mass is 870 g/mol. The second-order valence-corrected chi connectivity index (χ2v) is 18.2. The average molecular weight is 872 g/mol. The summed E-state index contributed by atoms with van der Waals surface area (Å²) in [4.78, 5) is 32.6. The second kappa shape index (κ2) is 24.2. The molecule has 0 aromatic carbocycles. The Kier molecular flexibility index (Phi) is 21.2. The highest BCUT2D eigenvalue weighted by Crippen LogP contribution is 2.32. The van der Waals surface area contributed by atoms with E-state index in [1.807, 2.05) is 0 Å². The van der Waals surface area contributed by atoms with E-state index in [1.165, 1.54) is 23.5 Å². The number of hydrogen-bond donors (Lipinski definition) is 10. The summed E-state index contributed by atoms with van der Waals surface area (Å²) in [5.41, 5.74) is -1.47. The number of amides is 2. The molecule has 4 aliphatic rings. The van der Waals surface area contributed by atoms with Crippen LogP contribution in [0.5, 0.6) is 0 Å². The Morgan fingerprint density at radius 3 is 1.32 bits per heavy atom. The van der Waals surface area contributed by atoms with Gasteiger partial charge in [0.2, 0.25) is 24.9 Å². The Hall–Kier alpha value is -1.20. The number of carbonyl (C=O) groups excluding carboxylic acids is 2. The fraction of sp³-hybridized carbons (Fsp3) is 0.889. The van der Waals surface area contributed by atoms with E-state index in [1.54, 1.807) is 26.4 Å². The van der Waals surface area contributed by atoms with Crippen LogP contribution in [-0.2, 0) is 19.1 Å². The van der Waals surface area contributed by atoms with Gasteiger partial charge in [0.25, 0.3) is 0 Å². The summed E-state index contributed by atoms with van der Waals surface area (Å²) in [6.07, 6.45) is -1.96. The highest BCUT2D eigenvalue weighted by Gasteiger charge is 2.49. The minimum Gasteiger partial charge on any atom is -0.388 e. The van der Waals surface area contributed by atoms with Crippen molar-refractivity contribution in [2.75, 3.05) is 38.7 Å². The molecule has 0 radical (unpaired) electrons. The SMILES string of the molecule is [C-]#[N+]C[C@@H]1CCNC(C(=O)NC(C(C)Cl)C2OC(SC)C(O)C(O)C2O)CC1.[C-]#[N+]C[C@H]1CCNC(C(=O)NC(C(C)Cl)C2OC(SC)C(O)C(O)C2O)CC1. The Morgan fingerprint density at radius 1 is 0.661 bits per heavy atom. The van der Waals surface area contributed by atoms with Crippen LogP contribution < -0.4 is 21.3 Å². The maximum atomic E-state index is 12.8. The number of carbonyl (C=O) groups is 2. The number of ether oxygens (including phenoxy) is 2. The molecular weight excluding hydrogens is 811 g/mol. The minimum atomic E-state index is -1.39. The molecule has 16 unspecified atom stereocenters. The van der Waals surface area contributed by atoms with Crippen molar-refractivity contribution in [2.45, 2.75) is 147 Å². The molecule has 20 heteroatoms. The second-order valence-electron chi connectivity index (χ2n) is 14.9. The average Bonchev–Trinajstić information content (AvgIpc) is 3.56. The summed E-state index contributed by atoms with van der Waals surface area (Å²) < 4.78 is 11.5. The first-order chi connectivity index (χ1) is 26.6. The topological polar surface area (TPSA) is 231 Å². The van der Waals surface area contributed by atoms with E-state index in [2.05, 4.69) is 31.0 Å². The van der Waals surface area contributed by atoms with Crippen LogP contribution in [0.15, 0.2) is 0 Å². The van der Waals surface area contributed by atoms with E-state index in [0.29, 0.717) is 39.0 Å². The van der Waals surface area contributed by atoms with Gasteiger partial charge in [-0.15, -0.1) is 46.7 Å². The largest absolute Gasteiger partial charge is 0.388 e. The third-order valence-electron chi connectivity index (χ3n) is 10.9. The number of aliphatic hydroxyl groups excluding tert-OH is 6. The van der Waals surface area contributed by atoms with Gasteiger partial charge in [0.05, 0.1) is 34.9 Å². The predicted octanol–water partition coefficient (Wildman–Crippen LogP) is -0.107. The molecule has 2 amide bonds. The van der Waals surface area contributed by atoms with E-state index < -0.39 is 94.6 Å². The molecule has 4 saturated heterocycles. The van der Waals surface area contributed by atoms with Crippen LogP contribution in [0, 0.1) is 25.0 Å². The van der Waals surface area contributed by atoms with Crippen LogP contribution in [0.3, 0.4) is 0 Å². The fourth-order valence-electron chi connectivity index (χ4n) is 7.47. The number of nitrogens with one attached hydrogen (secondary N) is 4. The number of thioether (sulfide) groups is 2. The molecule has 18 atom stereocenters.